The third kappa shape index (κ3) is 3.83. The van der Waals surface area contributed by atoms with E-state index in [9.17, 15) is 4.79 Å². The van der Waals surface area contributed by atoms with Crippen LogP contribution in [-0.2, 0) is 4.79 Å². The first kappa shape index (κ1) is 17.5. The van der Waals surface area contributed by atoms with Gasteiger partial charge in [-0.2, -0.15) is 0 Å². The highest BCUT2D eigenvalue weighted by Gasteiger charge is 2.35. The van der Waals surface area contributed by atoms with E-state index in [2.05, 4.69) is 6.58 Å². The summed E-state index contributed by atoms with van der Waals surface area (Å²) >= 11 is 6.77. The molecule has 1 unspecified atom stereocenters. The second kappa shape index (κ2) is 7.68. The average molecular weight is 367 g/mol. The fraction of sp³-hybridized carbons (Fsp3) is 0.100. The maximum absolute atomic E-state index is 12.8. The predicted molar refractivity (Wildman–Crippen MR) is 107 cm³/mol. The van der Waals surface area contributed by atoms with E-state index >= 15 is 0 Å². The number of hydrogen-bond acceptors (Lipinski definition) is 4. The largest absolute Gasteiger partial charge is 0.466 e. The molecule has 2 aromatic rings. The summed E-state index contributed by atoms with van der Waals surface area (Å²) in [6.07, 6.45) is 3.24. The second-order valence-corrected chi connectivity index (χ2v) is 7.17. The van der Waals surface area contributed by atoms with E-state index in [4.69, 9.17) is 17.0 Å². The van der Waals surface area contributed by atoms with Gasteiger partial charge in [0.1, 0.15) is 10.1 Å². The van der Waals surface area contributed by atoms with Gasteiger partial charge in [0.25, 0.3) is 5.91 Å². The number of rotatable bonds is 5. The van der Waals surface area contributed by atoms with E-state index in [-0.39, 0.29) is 11.9 Å². The molecule has 0 N–H and O–H groups in total. The quantitative estimate of drug-likeness (QED) is 0.414. The summed E-state index contributed by atoms with van der Waals surface area (Å²) in [6.45, 7) is 5.52. The molecule has 25 heavy (non-hydrogen) atoms. The van der Waals surface area contributed by atoms with Gasteiger partial charge in [-0.15, -0.1) is 0 Å². The SMILES string of the molecule is C=COc1ccc(/C=C2\SC(=S)N(C(C)c3ccccc3)C2=O)cc1. The third-order valence-corrected chi connectivity index (χ3v) is 5.22. The number of amides is 1. The van der Waals surface area contributed by atoms with Gasteiger partial charge in [-0.1, -0.05) is 73.0 Å². The Morgan fingerprint density at radius 1 is 1.16 bits per heavy atom. The molecular weight excluding hydrogens is 350 g/mol. The van der Waals surface area contributed by atoms with Crippen molar-refractivity contribution in [1.82, 2.24) is 4.90 Å². The standard InChI is InChI=1S/C20H17NO2S2/c1-3-23-17-11-9-15(10-12-17)13-18-19(22)21(20(24)25-18)14(2)16-7-5-4-6-8-16/h3-14H,1H2,2H3/b18-13-. The van der Waals surface area contributed by atoms with Crippen molar-refractivity contribution in [2.24, 2.45) is 0 Å². The van der Waals surface area contributed by atoms with E-state index in [0.29, 0.717) is 15.0 Å². The van der Waals surface area contributed by atoms with Crippen molar-refractivity contribution in [2.45, 2.75) is 13.0 Å². The summed E-state index contributed by atoms with van der Waals surface area (Å²) in [5.74, 6) is 0.648. The van der Waals surface area contributed by atoms with Crippen LogP contribution in [-0.4, -0.2) is 15.1 Å². The Hall–Kier alpha value is -2.37. The van der Waals surface area contributed by atoms with Crippen LogP contribution in [0.2, 0.25) is 0 Å². The number of carbonyl (C=O) groups is 1. The van der Waals surface area contributed by atoms with Crippen molar-refractivity contribution < 1.29 is 9.53 Å². The van der Waals surface area contributed by atoms with E-state index in [1.54, 1.807) is 4.90 Å². The lowest BCUT2D eigenvalue weighted by Crippen LogP contribution is -2.30. The summed E-state index contributed by atoms with van der Waals surface area (Å²) in [5, 5.41) is 0. The first-order valence-corrected chi connectivity index (χ1v) is 9.02. The van der Waals surface area contributed by atoms with Crippen LogP contribution in [0.5, 0.6) is 5.75 Å². The third-order valence-electron chi connectivity index (χ3n) is 3.89. The molecule has 3 nitrogen and oxygen atoms in total. The maximum Gasteiger partial charge on any atom is 0.266 e. The Morgan fingerprint density at radius 2 is 1.84 bits per heavy atom. The van der Waals surface area contributed by atoms with Crippen molar-refractivity contribution in [2.75, 3.05) is 0 Å². The summed E-state index contributed by atoms with van der Waals surface area (Å²) < 4.78 is 5.79. The molecule has 0 aliphatic carbocycles. The van der Waals surface area contributed by atoms with E-state index in [1.807, 2.05) is 67.6 Å². The van der Waals surface area contributed by atoms with E-state index < -0.39 is 0 Å². The molecule has 1 heterocycles. The number of thiocarbonyl (C=S) groups is 1. The smallest absolute Gasteiger partial charge is 0.266 e. The number of hydrogen-bond donors (Lipinski definition) is 0. The van der Waals surface area contributed by atoms with Crippen LogP contribution in [0.4, 0.5) is 0 Å². The van der Waals surface area contributed by atoms with E-state index in [1.165, 1.54) is 18.0 Å². The number of carbonyl (C=O) groups excluding carboxylic acids is 1. The Bertz CT molecular complexity index is 829. The topological polar surface area (TPSA) is 29.5 Å². The Morgan fingerprint density at radius 3 is 2.48 bits per heavy atom. The van der Waals surface area contributed by atoms with Gasteiger partial charge >= 0.3 is 0 Å². The molecule has 1 aliphatic heterocycles. The summed E-state index contributed by atoms with van der Waals surface area (Å²) in [6, 6.07) is 17.3. The number of ether oxygens (including phenoxy) is 1. The van der Waals surface area contributed by atoms with E-state index in [0.717, 1.165) is 11.1 Å². The lowest BCUT2D eigenvalue weighted by molar-refractivity contribution is -0.123. The van der Waals surface area contributed by atoms with Gasteiger partial charge in [-0.25, -0.2) is 0 Å². The van der Waals surface area contributed by atoms with Gasteiger partial charge in [0.2, 0.25) is 0 Å². The van der Waals surface area contributed by atoms with Crippen molar-refractivity contribution in [1.29, 1.82) is 0 Å². The van der Waals surface area contributed by atoms with Gasteiger partial charge in [-0.05, 0) is 36.3 Å². The number of benzene rings is 2. The summed E-state index contributed by atoms with van der Waals surface area (Å²) in [4.78, 5) is 15.1. The van der Waals surface area contributed by atoms with Crippen LogP contribution >= 0.6 is 24.0 Å². The molecule has 126 valence electrons. The average Bonchev–Trinajstić information content (AvgIpc) is 2.90. The van der Waals surface area contributed by atoms with Gasteiger partial charge in [0.15, 0.2) is 0 Å². The molecule has 0 bridgehead atoms. The molecule has 1 fully saturated rings. The summed E-state index contributed by atoms with van der Waals surface area (Å²) in [7, 11) is 0. The minimum Gasteiger partial charge on any atom is -0.466 e. The summed E-state index contributed by atoms with van der Waals surface area (Å²) in [5.41, 5.74) is 1.98. The zero-order valence-electron chi connectivity index (χ0n) is 13.7. The van der Waals surface area contributed by atoms with Crippen molar-refractivity contribution >= 4 is 40.3 Å². The lowest BCUT2D eigenvalue weighted by atomic mass is 10.1. The highest BCUT2D eigenvalue weighted by atomic mass is 32.2. The number of nitrogens with zero attached hydrogens (tertiary/aromatic N) is 1. The fourth-order valence-electron chi connectivity index (χ4n) is 2.58. The Balaban J connectivity index is 1.82. The van der Waals surface area contributed by atoms with Gasteiger partial charge < -0.3 is 4.74 Å². The van der Waals surface area contributed by atoms with Crippen LogP contribution < -0.4 is 4.74 Å². The molecule has 0 radical (unpaired) electrons. The van der Waals surface area contributed by atoms with Crippen LogP contribution in [0.1, 0.15) is 24.1 Å². The lowest BCUT2D eigenvalue weighted by Gasteiger charge is -2.23. The molecule has 0 spiro atoms. The Kier molecular flexibility index (Phi) is 5.36. The maximum atomic E-state index is 12.8. The normalized spacial score (nSPS) is 17.0. The van der Waals surface area contributed by atoms with Crippen molar-refractivity contribution in [3.63, 3.8) is 0 Å². The molecule has 0 saturated carbocycles. The molecular formula is C20H17NO2S2. The zero-order chi connectivity index (χ0) is 17.8. The molecule has 0 aromatic heterocycles. The molecule has 3 rings (SSSR count). The van der Waals surface area contributed by atoms with Crippen molar-refractivity contribution in [3.8, 4) is 5.75 Å². The Labute approximate surface area is 157 Å². The van der Waals surface area contributed by atoms with Gasteiger partial charge in [0.05, 0.1) is 17.2 Å². The predicted octanol–water partition coefficient (Wildman–Crippen LogP) is 5.17. The molecule has 2 aromatic carbocycles. The van der Waals surface area contributed by atoms with Crippen LogP contribution in [0, 0.1) is 0 Å². The molecule has 1 aliphatic rings. The molecule has 5 heteroatoms. The number of thioether (sulfide) groups is 1. The minimum absolute atomic E-state index is 0.0576. The highest BCUT2D eigenvalue weighted by Crippen LogP contribution is 2.38. The molecule has 1 atom stereocenters. The molecule has 1 amide bonds. The second-order valence-electron chi connectivity index (χ2n) is 5.49. The van der Waals surface area contributed by atoms with Crippen molar-refractivity contribution in [3.05, 3.63) is 83.5 Å². The van der Waals surface area contributed by atoms with Crippen LogP contribution in [0.3, 0.4) is 0 Å². The van der Waals surface area contributed by atoms with Crippen LogP contribution in [0.15, 0.2) is 72.3 Å². The molecule has 1 saturated heterocycles. The van der Waals surface area contributed by atoms with Gasteiger partial charge in [-0.3, -0.25) is 9.69 Å². The minimum atomic E-state index is -0.0945. The van der Waals surface area contributed by atoms with Crippen LogP contribution in [0.25, 0.3) is 6.08 Å². The zero-order valence-corrected chi connectivity index (χ0v) is 15.3. The first-order chi connectivity index (χ1) is 12.1. The highest BCUT2D eigenvalue weighted by molar-refractivity contribution is 8.26. The first-order valence-electron chi connectivity index (χ1n) is 7.80. The fourth-order valence-corrected chi connectivity index (χ4v) is 4.00. The monoisotopic (exact) mass is 367 g/mol. The van der Waals surface area contributed by atoms with Gasteiger partial charge in [0, 0.05) is 0 Å².